The second kappa shape index (κ2) is 8.33. The molecule has 27 heavy (non-hydrogen) atoms. The summed E-state index contributed by atoms with van der Waals surface area (Å²) in [5, 5.41) is 16.8. The van der Waals surface area contributed by atoms with Crippen molar-refractivity contribution in [2.45, 2.75) is 44.8 Å². The third-order valence-corrected chi connectivity index (χ3v) is 4.81. The number of hydrogen-bond acceptors (Lipinski definition) is 6. The Kier molecular flexibility index (Phi) is 5.46. The molecule has 1 aromatic heterocycles. The minimum absolute atomic E-state index is 0.143. The molecule has 2 aromatic carbocycles. The van der Waals surface area contributed by atoms with E-state index in [4.69, 9.17) is 14.4 Å². The number of nitrogens with zero attached hydrogens (tertiary/aromatic N) is 2. The lowest BCUT2D eigenvalue weighted by atomic mass is 9.98. The minimum Gasteiger partial charge on any atom is -0.490 e. The van der Waals surface area contributed by atoms with Gasteiger partial charge < -0.3 is 9.15 Å². The van der Waals surface area contributed by atoms with Crippen LogP contribution in [0.4, 0.5) is 0 Å². The van der Waals surface area contributed by atoms with Crippen molar-refractivity contribution in [1.29, 1.82) is 0 Å². The van der Waals surface area contributed by atoms with E-state index in [0.717, 1.165) is 35.3 Å². The minimum atomic E-state index is 0.143. The van der Waals surface area contributed by atoms with Crippen LogP contribution in [0, 0.1) is 0 Å². The normalized spacial score (nSPS) is 15.0. The van der Waals surface area contributed by atoms with Gasteiger partial charge in [-0.3, -0.25) is 5.26 Å². The van der Waals surface area contributed by atoms with E-state index in [9.17, 15) is 0 Å². The molecule has 0 saturated heterocycles. The van der Waals surface area contributed by atoms with E-state index in [1.807, 2.05) is 48.5 Å². The van der Waals surface area contributed by atoms with Crippen LogP contribution in [0.3, 0.4) is 0 Å². The van der Waals surface area contributed by atoms with E-state index in [2.05, 4.69) is 15.1 Å². The van der Waals surface area contributed by atoms with E-state index in [-0.39, 0.29) is 6.61 Å². The zero-order valence-corrected chi connectivity index (χ0v) is 15.0. The van der Waals surface area contributed by atoms with Gasteiger partial charge in [0.2, 0.25) is 11.8 Å². The average Bonchev–Trinajstić information content (AvgIpc) is 3.20. The second-order valence-electron chi connectivity index (χ2n) is 6.78. The SMILES string of the molecule is OOCc1ccc(-c2nnc(-c3ccc(OC4CCCCC4)cc3)o2)cc1. The van der Waals surface area contributed by atoms with Gasteiger partial charge in [-0.1, -0.05) is 18.6 Å². The summed E-state index contributed by atoms with van der Waals surface area (Å²) in [6, 6.07) is 15.2. The van der Waals surface area contributed by atoms with Gasteiger partial charge in [0.05, 0.1) is 6.10 Å². The maximum absolute atomic E-state index is 8.50. The first-order valence-electron chi connectivity index (χ1n) is 9.28. The molecule has 1 fully saturated rings. The molecule has 3 aromatic rings. The van der Waals surface area contributed by atoms with Gasteiger partial charge in [-0.15, -0.1) is 10.2 Å². The van der Waals surface area contributed by atoms with Crippen molar-refractivity contribution in [2.24, 2.45) is 0 Å². The van der Waals surface area contributed by atoms with Crippen molar-refractivity contribution >= 4 is 0 Å². The van der Waals surface area contributed by atoms with Gasteiger partial charge in [-0.25, -0.2) is 4.89 Å². The summed E-state index contributed by atoms with van der Waals surface area (Å²) >= 11 is 0. The first-order chi connectivity index (χ1) is 13.3. The molecule has 0 bridgehead atoms. The fourth-order valence-electron chi connectivity index (χ4n) is 3.33. The van der Waals surface area contributed by atoms with Crippen molar-refractivity contribution in [1.82, 2.24) is 10.2 Å². The van der Waals surface area contributed by atoms with E-state index in [1.54, 1.807) is 0 Å². The van der Waals surface area contributed by atoms with Gasteiger partial charge in [0, 0.05) is 11.1 Å². The topological polar surface area (TPSA) is 77.6 Å². The smallest absolute Gasteiger partial charge is 0.248 e. The van der Waals surface area contributed by atoms with Crippen LogP contribution in [-0.4, -0.2) is 21.6 Å². The van der Waals surface area contributed by atoms with E-state index >= 15 is 0 Å². The Hall–Kier alpha value is -2.70. The summed E-state index contributed by atoms with van der Waals surface area (Å²) in [6.45, 7) is 0.143. The van der Waals surface area contributed by atoms with Gasteiger partial charge in [0.1, 0.15) is 12.4 Å². The molecule has 0 radical (unpaired) electrons. The molecule has 1 aliphatic carbocycles. The first kappa shape index (κ1) is 17.7. The maximum atomic E-state index is 8.50. The molecular formula is C21H22N2O4. The lowest BCUT2D eigenvalue weighted by molar-refractivity contribution is -0.253. The molecule has 1 aliphatic rings. The third-order valence-electron chi connectivity index (χ3n) is 4.81. The van der Waals surface area contributed by atoms with Crippen LogP contribution < -0.4 is 4.74 Å². The molecule has 1 saturated carbocycles. The molecule has 0 amide bonds. The second-order valence-corrected chi connectivity index (χ2v) is 6.78. The fraction of sp³-hybridized carbons (Fsp3) is 0.333. The lowest BCUT2D eigenvalue weighted by Crippen LogP contribution is -2.19. The number of rotatable bonds is 6. The Labute approximate surface area is 157 Å². The van der Waals surface area contributed by atoms with Crippen LogP contribution in [0.15, 0.2) is 52.9 Å². The quantitative estimate of drug-likeness (QED) is 0.483. The van der Waals surface area contributed by atoms with Crippen molar-refractivity contribution < 1.29 is 19.3 Å². The highest BCUT2D eigenvalue weighted by Gasteiger charge is 2.15. The number of hydrogen-bond donors (Lipinski definition) is 1. The zero-order chi connectivity index (χ0) is 18.5. The van der Waals surface area contributed by atoms with Gasteiger partial charge in [-0.2, -0.15) is 0 Å². The number of ether oxygens (including phenoxy) is 1. The zero-order valence-electron chi connectivity index (χ0n) is 15.0. The van der Waals surface area contributed by atoms with Crippen LogP contribution in [0.2, 0.25) is 0 Å². The summed E-state index contributed by atoms with van der Waals surface area (Å²) < 4.78 is 11.9. The molecule has 4 rings (SSSR count). The predicted octanol–water partition coefficient (Wildman–Crippen LogP) is 5.10. The van der Waals surface area contributed by atoms with Crippen LogP contribution >= 0.6 is 0 Å². The van der Waals surface area contributed by atoms with E-state index in [1.165, 1.54) is 19.3 Å². The maximum Gasteiger partial charge on any atom is 0.248 e. The molecule has 0 spiro atoms. The fourth-order valence-corrected chi connectivity index (χ4v) is 3.33. The van der Waals surface area contributed by atoms with Crippen LogP contribution in [0.5, 0.6) is 5.75 Å². The highest BCUT2D eigenvalue weighted by atomic mass is 17.1. The summed E-state index contributed by atoms with van der Waals surface area (Å²) in [7, 11) is 0. The highest BCUT2D eigenvalue weighted by Crippen LogP contribution is 2.27. The van der Waals surface area contributed by atoms with Gasteiger partial charge in [0.25, 0.3) is 0 Å². The lowest BCUT2D eigenvalue weighted by Gasteiger charge is -2.22. The van der Waals surface area contributed by atoms with Gasteiger partial charge >= 0.3 is 0 Å². The predicted molar refractivity (Wildman–Crippen MR) is 100 cm³/mol. The molecule has 1 N–H and O–H groups in total. The Morgan fingerprint density at radius 2 is 1.44 bits per heavy atom. The monoisotopic (exact) mass is 366 g/mol. The van der Waals surface area contributed by atoms with Crippen LogP contribution in [-0.2, 0) is 11.5 Å². The van der Waals surface area contributed by atoms with Crippen LogP contribution in [0.1, 0.15) is 37.7 Å². The molecule has 0 unspecified atom stereocenters. The third kappa shape index (κ3) is 4.35. The van der Waals surface area contributed by atoms with E-state index in [0.29, 0.717) is 17.9 Å². The van der Waals surface area contributed by atoms with Crippen molar-refractivity contribution in [2.75, 3.05) is 0 Å². The Morgan fingerprint density at radius 1 is 0.852 bits per heavy atom. The molecule has 140 valence electrons. The summed E-state index contributed by atoms with van der Waals surface area (Å²) in [4.78, 5) is 4.13. The number of aromatic nitrogens is 2. The Bertz CT molecular complexity index is 853. The Balaban J connectivity index is 1.44. The first-order valence-corrected chi connectivity index (χ1v) is 9.28. The standard InChI is InChI=1S/C21H22N2O4/c24-25-14-15-6-8-16(9-7-15)20-22-23-21(27-20)17-10-12-19(13-11-17)26-18-4-2-1-3-5-18/h6-13,18,24H,1-5,14H2. The van der Waals surface area contributed by atoms with Crippen molar-refractivity contribution in [3.05, 3.63) is 54.1 Å². The molecule has 6 nitrogen and oxygen atoms in total. The molecule has 0 atom stereocenters. The van der Waals surface area contributed by atoms with Crippen molar-refractivity contribution in [3.8, 4) is 28.7 Å². The number of benzene rings is 2. The summed E-state index contributed by atoms with van der Waals surface area (Å²) in [6.07, 6.45) is 6.42. The highest BCUT2D eigenvalue weighted by molar-refractivity contribution is 5.58. The molecule has 1 heterocycles. The molecular weight excluding hydrogens is 344 g/mol. The largest absolute Gasteiger partial charge is 0.490 e. The van der Waals surface area contributed by atoms with Gasteiger partial charge in [0.15, 0.2) is 0 Å². The molecule has 0 aliphatic heterocycles. The summed E-state index contributed by atoms with van der Waals surface area (Å²) in [5.74, 6) is 1.80. The molecule has 6 heteroatoms. The van der Waals surface area contributed by atoms with Gasteiger partial charge in [-0.05, 0) is 67.6 Å². The van der Waals surface area contributed by atoms with Crippen LogP contribution in [0.25, 0.3) is 22.9 Å². The van der Waals surface area contributed by atoms with Crippen molar-refractivity contribution in [3.63, 3.8) is 0 Å². The summed E-state index contributed by atoms with van der Waals surface area (Å²) in [5.41, 5.74) is 2.53. The average molecular weight is 366 g/mol. The Morgan fingerprint density at radius 3 is 2.04 bits per heavy atom. The van der Waals surface area contributed by atoms with E-state index < -0.39 is 0 Å².